The number of ether oxygens (including phenoxy) is 1. The molecule has 0 radical (unpaired) electrons. The highest BCUT2D eigenvalue weighted by atomic mass is 32.2. The monoisotopic (exact) mass is 832 g/mol. The van der Waals surface area contributed by atoms with Gasteiger partial charge in [-0.05, 0) is 61.7 Å². The smallest absolute Gasteiger partial charge is 0.410 e. The third kappa shape index (κ3) is 7.66. The average Bonchev–Trinajstić information content (AvgIpc) is 4.00. The molecular formula is C42H40N8O7S2. The van der Waals surface area contributed by atoms with Gasteiger partial charge in [-0.15, -0.1) is 0 Å². The first kappa shape index (κ1) is 39.4. The Bertz CT molecular complexity index is 2760. The number of anilines is 2. The number of nitrogens with zero attached hydrogens (tertiary/aromatic N) is 8. The molecule has 1 fully saturated rings. The molecule has 3 aromatic carbocycles. The Morgan fingerprint density at radius 3 is 1.71 bits per heavy atom. The van der Waals surface area contributed by atoms with E-state index in [1.54, 1.807) is 29.2 Å². The summed E-state index contributed by atoms with van der Waals surface area (Å²) in [5.74, 6) is -0.582. The zero-order valence-corrected chi connectivity index (χ0v) is 34.0. The zero-order valence-electron chi connectivity index (χ0n) is 32.4. The molecule has 302 valence electrons. The molecule has 2 atom stereocenters. The maximum Gasteiger partial charge on any atom is 0.410 e. The van der Waals surface area contributed by atoms with E-state index >= 15 is 0 Å². The molecule has 1 amide bonds. The van der Waals surface area contributed by atoms with E-state index in [-0.39, 0.29) is 75.2 Å². The predicted octanol–water partition coefficient (Wildman–Crippen LogP) is 6.27. The summed E-state index contributed by atoms with van der Waals surface area (Å²) < 4.78 is 62.3. The second kappa shape index (κ2) is 15.7. The number of hydrogen-bond donors (Lipinski definition) is 0. The molecule has 0 unspecified atom stereocenters. The minimum atomic E-state index is -4.02. The summed E-state index contributed by atoms with van der Waals surface area (Å²) in [5.41, 5.74) is 3.28. The summed E-state index contributed by atoms with van der Waals surface area (Å²) in [7, 11) is -8.04. The quantitative estimate of drug-likeness (QED) is 0.135. The van der Waals surface area contributed by atoms with Crippen LogP contribution < -0.4 is 4.90 Å². The number of aryl methyl sites for hydroxylation is 2. The number of amides is 1. The van der Waals surface area contributed by atoms with Crippen molar-refractivity contribution in [1.29, 1.82) is 0 Å². The molecule has 0 aliphatic carbocycles. The van der Waals surface area contributed by atoms with E-state index < -0.39 is 32.1 Å². The van der Waals surface area contributed by atoms with Crippen molar-refractivity contribution in [3.63, 3.8) is 0 Å². The summed E-state index contributed by atoms with van der Waals surface area (Å²) in [4.78, 5) is 49.3. The summed E-state index contributed by atoms with van der Waals surface area (Å²) in [6.45, 7) is 6.01. The largest absolute Gasteiger partial charge is 0.445 e. The lowest BCUT2D eigenvalue weighted by Gasteiger charge is -2.24. The summed E-state index contributed by atoms with van der Waals surface area (Å²) in [6.07, 6.45) is 5.57. The maximum atomic E-state index is 14.4. The van der Waals surface area contributed by atoms with E-state index in [1.807, 2.05) is 51.1 Å². The van der Waals surface area contributed by atoms with Crippen molar-refractivity contribution < 1.29 is 31.2 Å². The van der Waals surface area contributed by atoms with Crippen LogP contribution in [0.5, 0.6) is 0 Å². The van der Waals surface area contributed by atoms with Gasteiger partial charge in [-0.2, -0.15) is 0 Å². The number of rotatable bonds is 12. The van der Waals surface area contributed by atoms with Crippen LogP contribution >= 0.6 is 0 Å². The van der Waals surface area contributed by atoms with Crippen molar-refractivity contribution in [2.75, 3.05) is 24.5 Å². The number of hydrogen-bond acceptors (Lipinski definition) is 12. The van der Waals surface area contributed by atoms with E-state index in [1.165, 1.54) is 66.1 Å². The topological polar surface area (TPSA) is 180 Å². The molecule has 17 heteroatoms. The van der Waals surface area contributed by atoms with Crippen LogP contribution in [0.25, 0.3) is 22.3 Å². The second-order valence-electron chi connectivity index (χ2n) is 14.5. The number of carbonyl (C=O) groups excluding carboxylic acids is 2. The first-order valence-electron chi connectivity index (χ1n) is 18.9. The second-order valence-corrected chi connectivity index (χ2v) is 18.1. The number of Topliss-reactive ketones (excluding diaryl/α,β-unsaturated/α-hetero) is 1. The van der Waals surface area contributed by atoms with E-state index in [4.69, 9.17) is 14.7 Å². The van der Waals surface area contributed by atoms with Gasteiger partial charge in [0, 0.05) is 31.4 Å². The van der Waals surface area contributed by atoms with Crippen LogP contribution in [-0.2, 0) is 36.2 Å². The molecule has 5 heterocycles. The van der Waals surface area contributed by atoms with Crippen molar-refractivity contribution in [1.82, 2.24) is 32.8 Å². The number of benzene rings is 3. The van der Waals surface area contributed by atoms with Crippen LogP contribution in [0.15, 0.2) is 126 Å². The summed E-state index contributed by atoms with van der Waals surface area (Å²) in [6, 6.07) is 25.3. The molecule has 8 rings (SSSR count). The molecule has 15 nitrogen and oxygen atoms in total. The average molecular weight is 833 g/mol. The van der Waals surface area contributed by atoms with Crippen LogP contribution in [0.4, 0.5) is 16.4 Å². The highest BCUT2D eigenvalue weighted by Gasteiger charge is 2.40. The van der Waals surface area contributed by atoms with Crippen molar-refractivity contribution in [3.8, 4) is 0 Å². The van der Waals surface area contributed by atoms with Crippen molar-refractivity contribution >= 4 is 65.9 Å². The van der Waals surface area contributed by atoms with Gasteiger partial charge in [0.1, 0.15) is 17.6 Å². The Kier molecular flexibility index (Phi) is 10.5. The first-order chi connectivity index (χ1) is 28.3. The van der Waals surface area contributed by atoms with Crippen molar-refractivity contribution in [2.24, 2.45) is 11.8 Å². The van der Waals surface area contributed by atoms with Crippen LogP contribution in [0.2, 0.25) is 0 Å². The third-order valence-corrected chi connectivity index (χ3v) is 13.9. The van der Waals surface area contributed by atoms with Gasteiger partial charge in [0.05, 0.1) is 28.7 Å². The molecule has 0 saturated carbocycles. The molecule has 0 spiro atoms. The summed E-state index contributed by atoms with van der Waals surface area (Å²) >= 11 is 0. The highest BCUT2D eigenvalue weighted by Crippen LogP contribution is 2.32. The zero-order chi connectivity index (χ0) is 41.5. The third-order valence-electron chi connectivity index (χ3n) is 10.6. The van der Waals surface area contributed by atoms with Gasteiger partial charge >= 0.3 is 6.09 Å². The standard InChI is InChI=1S/C42H40N8O7S2/c1-4-31-24-47(42(52)57-27-30-8-6-5-7-9-30)25-34(31)37(51)26-48(38-22-43-40-35(45-38)18-20-49(40)58(53,54)32-14-10-28(2)11-15-32)39-23-44-41-36(46-39)19-21-50(41)59(55,56)33-16-12-29(3)13-17-33/h5-23,31,34H,4,24-27H2,1-3H3/t31-,34+/m1/s1. The normalized spacial score (nSPS) is 15.8. The van der Waals surface area contributed by atoms with E-state index in [9.17, 15) is 26.4 Å². The fourth-order valence-corrected chi connectivity index (χ4v) is 9.81. The van der Waals surface area contributed by atoms with Gasteiger partial charge in [0.2, 0.25) is 0 Å². The molecular weight excluding hydrogens is 793 g/mol. The number of likely N-dealkylation sites (tertiary alicyclic amines) is 1. The molecule has 1 aliphatic heterocycles. The van der Waals surface area contributed by atoms with Gasteiger partial charge < -0.3 is 14.5 Å². The SMILES string of the molecule is CC[C@@H]1CN(C(=O)OCc2ccccc2)C[C@@H]1C(=O)CN(c1cnc2c(ccn2S(=O)(=O)c2ccc(C)cc2)n1)c1cnc2c(ccn2S(=O)(=O)c2ccc(C)cc2)n1. The maximum absolute atomic E-state index is 14.4. The Hall–Kier alpha value is -6.46. The Morgan fingerprint density at radius 1 is 0.712 bits per heavy atom. The van der Waals surface area contributed by atoms with Crippen molar-refractivity contribution in [2.45, 2.75) is 43.6 Å². The first-order valence-corrected chi connectivity index (χ1v) is 21.8. The molecule has 4 aromatic heterocycles. The van der Waals surface area contributed by atoms with Gasteiger partial charge in [0.15, 0.2) is 28.7 Å². The number of aromatic nitrogens is 6. The fraction of sp³-hybridized carbons (Fsp3) is 0.238. The lowest BCUT2D eigenvalue weighted by atomic mass is 9.89. The van der Waals surface area contributed by atoms with Gasteiger partial charge in [0.25, 0.3) is 20.0 Å². The Balaban J connectivity index is 1.13. The van der Waals surface area contributed by atoms with Crippen LogP contribution in [0, 0.1) is 25.7 Å². The number of carbonyl (C=O) groups is 2. The van der Waals surface area contributed by atoms with E-state index in [0.717, 1.165) is 24.6 Å². The lowest BCUT2D eigenvalue weighted by molar-refractivity contribution is -0.122. The lowest BCUT2D eigenvalue weighted by Crippen LogP contribution is -2.35. The van der Waals surface area contributed by atoms with Gasteiger partial charge in [-0.25, -0.2) is 49.5 Å². The van der Waals surface area contributed by atoms with Gasteiger partial charge in [-0.1, -0.05) is 79.1 Å². The minimum Gasteiger partial charge on any atom is -0.445 e. The molecule has 0 N–H and O–H groups in total. The number of ketones is 1. The molecule has 1 saturated heterocycles. The molecule has 59 heavy (non-hydrogen) atoms. The van der Waals surface area contributed by atoms with E-state index in [2.05, 4.69) is 9.97 Å². The minimum absolute atomic E-state index is 0.0759. The van der Waals surface area contributed by atoms with Crippen LogP contribution in [0.3, 0.4) is 0 Å². The fourth-order valence-electron chi connectivity index (χ4n) is 7.21. The molecule has 0 bridgehead atoms. The van der Waals surface area contributed by atoms with Gasteiger partial charge in [-0.3, -0.25) is 4.79 Å². The van der Waals surface area contributed by atoms with Crippen LogP contribution in [-0.4, -0.2) is 81.1 Å². The van der Waals surface area contributed by atoms with Crippen molar-refractivity contribution in [3.05, 3.63) is 132 Å². The summed E-state index contributed by atoms with van der Waals surface area (Å²) in [5, 5.41) is 0. The Labute approximate surface area is 341 Å². The molecule has 7 aromatic rings. The number of fused-ring (bicyclic) bond motifs is 2. The molecule has 1 aliphatic rings. The predicted molar refractivity (Wildman–Crippen MR) is 220 cm³/mol. The highest BCUT2D eigenvalue weighted by molar-refractivity contribution is 7.90. The Morgan fingerprint density at radius 2 is 1.22 bits per heavy atom. The van der Waals surface area contributed by atoms with E-state index in [0.29, 0.717) is 13.0 Å². The van der Waals surface area contributed by atoms with Crippen LogP contribution in [0.1, 0.15) is 30.0 Å².